The highest BCUT2D eigenvalue weighted by Crippen LogP contribution is 2.32. The molecule has 0 N–H and O–H groups in total. The van der Waals surface area contributed by atoms with Crippen molar-refractivity contribution in [2.45, 2.75) is 30.7 Å². The maximum absolute atomic E-state index is 13.6. The van der Waals surface area contributed by atoms with Gasteiger partial charge in [0.25, 0.3) is 5.91 Å². The van der Waals surface area contributed by atoms with Crippen molar-refractivity contribution < 1.29 is 17.9 Å². The molecule has 3 aromatic carbocycles. The van der Waals surface area contributed by atoms with Gasteiger partial charge in [0.1, 0.15) is 5.75 Å². The molecule has 3 aromatic rings. The molecule has 5 nitrogen and oxygen atoms in total. The Morgan fingerprint density at radius 3 is 2.53 bits per heavy atom. The van der Waals surface area contributed by atoms with Crippen molar-refractivity contribution >= 4 is 26.5 Å². The summed E-state index contributed by atoms with van der Waals surface area (Å²) in [5.41, 5.74) is 0.513. The van der Waals surface area contributed by atoms with E-state index in [4.69, 9.17) is 4.74 Å². The van der Waals surface area contributed by atoms with E-state index in [1.165, 1.54) is 0 Å². The van der Waals surface area contributed by atoms with E-state index < -0.39 is 9.84 Å². The van der Waals surface area contributed by atoms with Crippen LogP contribution in [0, 0.1) is 0 Å². The molecule has 0 aromatic heterocycles. The smallest absolute Gasteiger partial charge is 0.258 e. The predicted molar refractivity (Wildman–Crippen MR) is 118 cm³/mol. The second-order valence-electron chi connectivity index (χ2n) is 7.48. The van der Waals surface area contributed by atoms with Crippen LogP contribution in [0.2, 0.25) is 0 Å². The van der Waals surface area contributed by atoms with Gasteiger partial charge in [0.15, 0.2) is 9.84 Å². The van der Waals surface area contributed by atoms with E-state index in [-0.39, 0.29) is 17.7 Å². The third-order valence-electron chi connectivity index (χ3n) is 5.56. The molecule has 1 atom stereocenters. The van der Waals surface area contributed by atoms with Crippen LogP contribution >= 0.6 is 0 Å². The number of amides is 1. The van der Waals surface area contributed by atoms with Gasteiger partial charge < -0.3 is 9.64 Å². The molecule has 0 radical (unpaired) electrons. The van der Waals surface area contributed by atoms with Crippen LogP contribution in [0.15, 0.2) is 71.6 Å². The standard InChI is InChI=1S/C24H25NO4S/c1-2-29-22-15-14-18-9-6-7-13-21(18)23(22)24(26)25-16-8-10-19(25)17-30(27,28)20-11-4-3-5-12-20/h3-7,9,11-15,19H,2,8,10,16-17H2,1H3. The van der Waals surface area contributed by atoms with Crippen molar-refractivity contribution in [3.05, 3.63) is 72.3 Å². The van der Waals surface area contributed by atoms with Gasteiger partial charge in [-0.3, -0.25) is 4.79 Å². The van der Waals surface area contributed by atoms with E-state index in [9.17, 15) is 13.2 Å². The van der Waals surface area contributed by atoms with Gasteiger partial charge in [0.2, 0.25) is 0 Å². The first-order valence-electron chi connectivity index (χ1n) is 10.2. The normalized spacial score (nSPS) is 16.7. The van der Waals surface area contributed by atoms with Gasteiger partial charge in [-0.05, 0) is 48.7 Å². The van der Waals surface area contributed by atoms with Crippen LogP contribution in [-0.4, -0.2) is 44.2 Å². The molecule has 0 bridgehead atoms. The average molecular weight is 424 g/mol. The number of carbonyl (C=O) groups excluding carboxylic acids is 1. The van der Waals surface area contributed by atoms with Gasteiger partial charge in [0.05, 0.1) is 22.8 Å². The summed E-state index contributed by atoms with van der Waals surface area (Å²) in [6, 6.07) is 19.6. The fourth-order valence-electron chi connectivity index (χ4n) is 4.15. The molecule has 0 saturated carbocycles. The van der Waals surface area contributed by atoms with Crippen molar-refractivity contribution in [3.63, 3.8) is 0 Å². The van der Waals surface area contributed by atoms with E-state index in [1.807, 2.05) is 43.3 Å². The van der Waals surface area contributed by atoms with Gasteiger partial charge in [-0.2, -0.15) is 0 Å². The minimum atomic E-state index is -3.48. The molecule has 1 aliphatic heterocycles. The van der Waals surface area contributed by atoms with Crippen molar-refractivity contribution in [2.75, 3.05) is 18.9 Å². The zero-order valence-corrected chi connectivity index (χ0v) is 17.8. The van der Waals surface area contributed by atoms with E-state index in [0.717, 1.165) is 17.2 Å². The second-order valence-corrected chi connectivity index (χ2v) is 9.52. The van der Waals surface area contributed by atoms with Crippen molar-refractivity contribution in [1.29, 1.82) is 0 Å². The van der Waals surface area contributed by atoms with E-state index in [0.29, 0.717) is 35.8 Å². The van der Waals surface area contributed by atoms with Gasteiger partial charge in [-0.1, -0.05) is 48.5 Å². The summed E-state index contributed by atoms with van der Waals surface area (Å²) in [6.45, 7) is 2.88. The van der Waals surface area contributed by atoms with Crippen molar-refractivity contribution in [3.8, 4) is 5.75 Å². The zero-order valence-electron chi connectivity index (χ0n) is 17.0. The minimum Gasteiger partial charge on any atom is -0.493 e. The van der Waals surface area contributed by atoms with Crippen LogP contribution in [0.5, 0.6) is 5.75 Å². The predicted octanol–water partition coefficient (Wildman–Crippen LogP) is 4.32. The molecule has 1 unspecified atom stereocenters. The maximum atomic E-state index is 13.6. The molecule has 0 aliphatic carbocycles. The molecular weight excluding hydrogens is 398 g/mol. The average Bonchev–Trinajstić information content (AvgIpc) is 3.21. The highest BCUT2D eigenvalue weighted by atomic mass is 32.2. The number of likely N-dealkylation sites (tertiary alicyclic amines) is 1. The third kappa shape index (κ3) is 3.92. The number of rotatable bonds is 6. The van der Waals surface area contributed by atoms with Crippen LogP contribution in [0.25, 0.3) is 10.8 Å². The Kier molecular flexibility index (Phi) is 5.77. The molecular formula is C24H25NO4S. The van der Waals surface area contributed by atoms with Crippen LogP contribution in [0.4, 0.5) is 0 Å². The number of fused-ring (bicyclic) bond motifs is 1. The van der Waals surface area contributed by atoms with Crippen LogP contribution in [0.3, 0.4) is 0 Å². The number of hydrogen-bond donors (Lipinski definition) is 0. The Balaban J connectivity index is 1.69. The fraction of sp³-hybridized carbons (Fsp3) is 0.292. The van der Waals surface area contributed by atoms with Gasteiger partial charge in [-0.25, -0.2) is 8.42 Å². The molecule has 30 heavy (non-hydrogen) atoms. The number of sulfone groups is 1. The fourth-order valence-corrected chi connectivity index (χ4v) is 5.76. The first-order chi connectivity index (χ1) is 14.5. The Labute approximate surface area is 177 Å². The first kappa shape index (κ1) is 20.4. The topological polar surface area (TPSA) is 63.7 Å². The number of hydrogen-bond acceptors (Lipinski definition) is 4. The second kappa shape index (κ2) is 8.48. The number of benzene rings is 3. The lowest BCUT2D eigenvalue weighted by Gasteiger charge is -2.26. The quantitative estimate of drug-likeness (QED) is 0.592. The van der Waals surface area contributed by atoms with Crippen LogP contribution in [0.1, 0.15) is 30.1 Å². The SMILES string of the molecule is CCOc1ccc2ccccc2c1C(=O)N1CCCC1CS(=O)(=O)c1ccccc1. The highest BCUT2D eigenvalue weighted by molar-refractivity contribution is 7.91. The molecule has 1 heterocycles. The van der Waals surface area contributed by atoms with Crippen molar-refractivity contribution in [1.82, 2.24) is 4.90 Å². The summed E-state index contributed by atoms with van der Waals surface area (Å²) in [5, 5.41) is 1.78. The largest absolute Gasteiger partial charge is 0.493 e. The monoisotopic (exact) mass is 423 g/mol. The summed E-state index contributed by atoms with van der Waals surface area (Å²) >= 11 is 0. The lowest BCUT2D eigenvalue weighted by molar-refractivity contribution is 0.0747. The summed E-state index contributed by atoms with van der Waals surface area (Å²) in [4.78, 5) is 15.6. The Bertz CT molecular complexity index is 1160. The number of ether oxygens (including phenoxy) is 1. The number of carbonyl (C=O) groups is 1. The van der Waals surface area contributed by atoms with E-state index in [1.54, 1.807) is 35.2 Å². The Morgan fingerprint density at radius 1 is 1.03 bits per heavy atom. The third-order valence-corrected chi connectivity index (χ3v) is 7.37. The molecule has 0 spiro atoms. The molecule has 1 fully saturated rings. The summed E-state index contributed by atoms with van der Waals surface area (Å²) in [7, 11) is -3.48. The zero-order chi connectivity index (χ0) is 21.1. The first-order valence-corrected chi connectivity index (χ1v) is 11.9. The Hall–Kier alpha value is -2.86. The van der Waals surface area contributed by atoms with Crippen LogP contribution in [-0.2, 0) is 9.84 Å². The van der Waals surface area contributed by atoms with Gasteiger partial charge in [-0.15, -0.1) is 0 Å². The summed E-state index contributed by atoms with van der Waals surface area (Å²) in [5.74, 6) is 0.302. The summed E-state index contributed by atoms with van der Waals surface area (Å²) in [6.07, 6.45) is 1.46. The Morgan fingerprint density at radius 2 is 1.77 bits per heavy atom. The lowest BCUT2D eigenvalue weighted by Crippen LogP contribution is -2.40. The lowest BCUT2D eigenvalue weighted by atomic mass is 10.0. The van der Waals surface area contributed by atoms with E-state index >= 15 is 0 Å². The molecule has 1 aliphatic rings. The minimum absolute atomic E-state index is 0.0719. The van der Waals surface area contributed by atoms with Gasteiger partial charge in [0, 0.05) is 12.6 Å². The molecule has 6 heteroatoms. The van der Waals surface area contributed by atoms with Crippen molar-refractivity contribution in [2.24, 2.45) is 0 Å². The molecule has 1 amide bonds. The molecule has 1 saturated heterocycles. The van der Waals surface area contributed by atoms with Crippen LogP contribution < -0.4 is 4.74 Å². The summed E-state index contributed by atoms with van der Waals surface area (Å²) < 4.78 is 31.6. The molecule has 4 rings (SSSR count). The molecule has 156 valence electrons. The van der Waals surface area contributed by atoms with E-state index in [2.05, 4.69) is 0 Å². The number of nitrogens with zero attached hydrogens (tertiary/aromatic N) is 1. The van der Waals surface area contributed by atoms with Gasteiger partial charge >= 0.3 is 0 Å². The highest BCUT2D eigenvalue weighted by Gasteiger charge is 2.35. The maximum Gasteiger partial charge on any atom is 0.258 e.